The minimum atomic E-state index is -1.26. The summed E-state index contributed by atoms with van der Waals surface area (Å²) in [6.45, 7) is 2.63. The molecule has 1 unspecified atom stereocenters. The lowest BCUT2D eigenvalue weighted by molar-refractivity contribution is -0.308. The van der Waals surface area contributed by atoms with E-state index in [0.717, 1.165) is 0 Å². The Bertz CT molecular complexity index is 1150. The number of ketones is 1. The van der Waals surface area contributed by atoms with E-state index in [4.69, 9.17) is 27.9 Å². The Hall–Kier alpha value is -2.94. The van der Waals surface area contributed by atoms with Crippen molar-refractivity contribution in [3.05, 3.63) is 69.1 Å². The summed E-state index contributed by atoms with van der Waals surface area (Å²) in [5.74, 6) is -1.70. The number of amides is 1. The van der Waals surface area contributed by atoms with Crippen molar-refractivity contribution in [2.75, 3.05) is 18.5 Å². The van der Waals surface area contributed by atoms with Gasteiger partial charge in [-0.3, -0.25) is 14.6 Å². The molecule has 4 rings (SSSR count). The highest BCUT2D eigenvalue weighted by Gasteiger charge is 2.52. The van der Waals surface area contributed by atoms with Crippen LogP contribution in [0.2, 0.25) is 10.0 Å². The summed E-state index contributed by atoms with van der Waals surface area (Å²) < 4.78 is 5.38. The number of pyridine rings is 1. The number of ether oxygens (including phenoxy) is 1. The number of carboxylic acids is 1. The summed E-state index contributed by atoms with van der Waals surface area (Å²) in [4.78, 5) is 40.8. The molecule has 1 spiro atoms. The molecular formula is C24H22Cl2N3O5-. The first-order valence-electron chi connectivity index (χ1n) is 10.7. The van der Waals surface area contributed by atoms with Crippen molar-refractivity contribution in [2.24, 2.45) is 5.41 Å². The monoisotopic (exact) mass is 502 g/mol. The first-order valence-corrected chi connectivity index (χ1v) is 11.5. The number of anilines is 1. The van der Waals surface area contributed by atoms with E-state index in [1.807, 2.05) is 0 Å². The van der Waals surface area contributed by atoms with Crippen LogP contribution in [0.3, 0.4) is 0 Å². The quantitative estimate of drug-likeness (QED) is 0.596. The number of rotatable bonds is 7. The van der Waals surface area contributed by atoms with Crippen LogP contribution in [0.4, 0.5) is 5.69 Å². The fourth-order valence-corrected chi connectivity index (χ4v) is 5.01. The van der Waals surface area contributed by atoms with Crippen LogP contribution < -0.4 is 15.7 Å². The van der Waals surface area contributed by atoms with Gasteiger partial charge >= 0.3 is 0 Å². The zero-order valence-electron chi connectivity index (χ0n) is 18.3. The van der Waals surface area contributed by atoms with Crippen molar-refractivity contribution in [1.82, 2.24) is 10.3 Å². The van der Waals surface area contributed by atoms with E-state index >= 15 is 0 Å². The minimum Gasteiger partial charge on any atom is -0.548 e. The second-order valence-electron chi connectivity index (χ2n) is 8.37. The Kier molecular flexibility index (Phi) is 6.93. The number of nitrogens with one attached hydrogen (secondary N) is 2. The van der Waals surface area contributed by atoms with E-state index < -0.39 is 23.3 Å². The topological polar surface area (TPSA) is 120 Å². The second-order valence-corrected chi connectivity index (χ2v) is 9.19. The zero-order chi connectivity index (χ0) is 24.5. The fraction of sp³-hybridized carbons (Fsp3) is 0.333. The summed E-state index contributed by atoms with van der Waals surface area (Å²) in [5, 5.41) is 17.9. The van der Waals surface area contributed by atoms with E-state index in [0.29, 0.717) is 48.6 Å². The summed E-state index contributed by atoms with van der Waals surface area (Å²) in [5.41, 5.74) is 1.86. The minimum absolute atomic E-state index is 0.0462. The number of benzene rings is 1. The third-order valence-corrected chi connectivity index (χ3v) is 6.88. The highest BCUT2D eigenvalue weighted by Crippen LogP contribution is 2.48. The number of aliphatic carboxylic acids is 1. The van der Waals surface area contributed by atoms with Gasteiger partial charge in [-0.1, -0.05) is 35.3 Å². The van der Waals surface area contributed by atoms with E-state index in [2.05, 4.69) is 15.6 Å². The summed E-state index contributed by atoms with van der Waals surface area (Å²) >= 11 is 12.1. The highest BCUT2D eigenvalue weighted by atomic mass is 35.5. The van der Waals surface area contributed by atoms with Gasteiger partial charge in [0.2, 0.25) is 0 Å². The van der Waals surface area contributed by atoms with Crippen LogP contribution >= 0.6 is 23.2 Å². The zero-order valence-corrected chi connectivity index (χ0v) is 19.8. The molecule has 1 atom stereocenters. The van der Waals surface area contributed by atoms with Gasteiger partial charge in [-0.05, 0) is 43.9 Å². The third-order valence-electron chi connectivity index (χ3n) is 6.31. The lowest BCUT2D eigenvalue weighted by Crippen LogP contribution is -2.57. The smallest absolute Gasteiger partial charge is 0.258 e. The number of hydrogen-bond acceptors (Lipinski definition) is 7. The van der Waals surface area contributed by atoms with Crippen LogP contribution in [0.1, 0.15) is 35.7 Å². The largest absolute Gasteiger partial charge is 0.548 e. The van der Waals surface area contributed by atoms with Crippen molar-refractivity contribution in [1.29, 1.82) is 0 Å². The van der Waals surface area contributed by atoms with Gasteiger partial charge in [0.05, 0.1) is 33.0 Å². The molecule has 0 radical (unpaired) electrons. The molecule has 1 aromatic carbocycles. The molecule has 1 aliphatic carbocycles. The molecule has 1 aromatic heterocycles. The van der Waals surface area contributed by atoms with Crippen LogP contribution in [-0.4, -0.2) is 41.9 Å². The number of carbonyl (C=O) groups is 3. The molecule has 2 N–H and O–H groups in total. The average Bonchev–Trinajstić information content (AvgIpc) is 2.82. The number of aromatic nitrogens is 1. The van der Waals surface area contributed by atoms with Crippen molar-refractivity contribution in [2.45, 2.75) is 32.2 Å². The summed E-state index contributed by atoms with van der Waals surface area (Å²) in [6.07, 6.45) is 3.86. The fourth-order valence-electron chi connectivity index (χ4n) is 4.47. The number of nitrogens with zero attached hydrogens (tertiary/aromatic N) is 1. The van der Waals surface area contributed by atoms with Gasteiger partial charge in [-0.2, -0.15) is 0 Å². The number of hydrogen-bond donors (Lipinski definition) is 2. The molecule has 2 aliphatic rings. The standard InChI is InChI=1S/C24H23Cl2N3O5/c1-13-20(24(21(13)30)6-8-34-9-7-24)29-18(23(32)33)10-14-2-4-15(5-3-14)28-22(31)19-16(25)11-27-12-17(19)26/h2-5,11-12,18,29H,6-10H2,1H3,(H,28,31)(H,32,33)/p-1. The Balaban J connectivity index is 1.45. The van der Waals surface area contributed by atoms with Crippen LogP contribution in [0.5, 0.6) is 0 Å². The molecule has 2 heterocycles. The molecule has 0 bridgehead atoms. The van der Waals surface area contributed by atoms with Crippen molar-refractivity contribution < 1.29 is 24.2 Å². The van der Waals surface area contributed by atoms with Crippen molar-refractivity contribution in [3.8, 4) is 0 Å². The van der Waals surface area contributed by atoms with Gasteiger partial charge in [0.15, 0.2) is 5.78 Å². The molecule has 178 valence electrons. The molecule has 2 aromatic rings. The van der Waals surface area contributed by atoms with E-state index in [1.165, 1.54) is 12.4 Å². The SMILES string of the molecule is CC1=C(NC(Cc2ccc(NC(=O)c3c(Cl)cncc3Cl)cc2)C(=O)[O-])C2(CCOCC2)C1=O. The maximum atomic E-state index is 12.6. The molecule has 10 heteroatoms. The normalized spacial score (nSPS) is 17.8. The maximum Gasteiger partial charge on any atom is 0.258 e. The molecule has 0 saturated carbocycles. The lowest BCUT2D eigenvalue weighted by atomic mass is 9.62. The first kappa shape index (κ1) is 24.2. The van der Waals surface area contributed by atoms with Gasteiger partial charge < -0.3 is 25.3 Å². The summed E-state index contributed by atoms with van der Waals surface area (Å²) in [6, 6.07) is 5.70. The number of carboxylic acid groups (broad SMARTS) is 1. The predicted octanol–water partition coefficient (Wildman–Crippen LogP) is 2.54. The Morgan fingerprint density at radius 3 is 2.35 bits per heavy atom. The van der Waals surface area contributed by atoms with E-state index in [9.17, 15) is 19.5 Å². The number of carbonyl (C=O) groups excluding carboxylic acids is 3. The molecule has 1 saturated heterocycles. The van der Waals surface area contributed by atoms with Crippen LogP contribution in [-0.2, 0) is 20.7 Å². The van der Waals surface area contributed by atoms with E-state index in [1.54, 1.807) is 31.2 Å². The molecule has 8 nitrogen and oxygen atoms in total. The number of allylic oxidation sites excluding steroid dienone is 2. The first-order chi connectivity index (χ1) is 16.2. The van der Waals surface area contributed by atoms with Crippen molar-refractivity contribution >= 4 is 46.5 Å². The molecular weight excluding hydrogens is 481 g/mol. The Morgan fingerprint density at radius 2 is 1.76 bits per heavy atom. The summed E-state index contributed by atoms with van der Waals surface area (Å²) in [7, 11) is 0. The van der Waals surface area contributed by atoms with Crippen LogP contribution in [0.15, 0.2) is 47.9 Å². The van der Waals surface area contributed by atoms with Gasteiger partial charge in [0, 0.05) is 42.6 Å². The number of Topliss-reactive ketones (excluding diaryl/α,β-unsaturated/α-hetero) is 1. The average molecular weight is 503 g/mol. The molecule has 1 fully saturated rings. The number of halogens is 2. The van der Waals surface area contributed by atoms with Gasteiger partial charge in [0.1, 0.15) is 0 Å². The van der Waals surface area contributed by atoms with E-state index in [-0.39, 0.29) is 27.8 Å². The molecule has 34 heavy (non-hydrogen) atoms. The molecule has 1 amide bonds. The third kappa shape index (κ3) is 4.53. The second kappa shape index (κ2) is 9.74. The lowest BCUT2D eigenvalue weighted by Gasteiger charge is -2.47. The molecule has 1 aliphatic heterocycles. The Morgan fingerprint density at radius 1 is 1.15 bits per heavy atom. The van der Waals surface area contributed by atoms with Gasteiger partial charge in [-0.15, -0.1) is 0 Å². The van der Waals surface area contributed by atoms with Crippen LogP contribution in [0.25, 0.3) is 0 Å². The maximum absolute atomic E-state index is 12.6. The van der Waals surface area contributed by atoms with Crippen molar-refractivity contribution in [3.63, 3.8) is 0 Å². The highest BCUT2D eigenvalue weighted by molar-refractivity contribution is 6.40. The Labute approximate surface area is 206 Å². The van der Waals surface area contributed by atoms with Gasteiger partial charge in [-0.25, -0.2) is 0 Å². The predicted molar refractivity (Wildman–Crippen MR) is 124 cm³/mol. The van der Waals surface area contributed by atoms with Crippen LogP contribution in [0, 0.1) is 5.41 Å². The van der Waals surface area contributed by atoms with Gasteiger partial charge in [0.25, 0.3) is 5.91 Å².